The smallest absolute Gasteiger partial charge is 0.292 e. The number of piperazine rings is 1. The van der Waals surface area contributed by atoms with Gasteiger partial charge in [-0.05, 0) is 33.1 Å². The number of aromatic nitrogens is 1. The Bertz CT molecular complexity index is 507. The fraction of sp³-hybridized carbons (Fsp3) is 0.750. The van der Waals surface area contributed by atoms with Crippen molar-refractivity contribution in [2.75, 3.05) is 19.6 Å². The van der Waals surface area contributed by atoms with Gasteiger partial charge in [-0.3, -0.25) is 9.69 Å². The van der Waals surface area contributed by atoms with E-state index in [0.717, 1.165) is 31.7 Å². The van der Waals surface area contributed by atoms with E-state index >= 15 is 0 Å². The van der Waals surface area contributed by atoms with Crippen LogP contribution in [0.3, 0.4) is 0 Å². The summed E-state index contributed by atoms with van der Waals surface area (Å²) in [5, 5.41) is 4.04. The van der Waals surface area contributed by atoms with Crippen molar-refractivity contribution in [3.8, 4) is 0 Å². The van der Waals surface area contributed by atoms with Crippen LogP contribution in [-0.4, -0.2) is 52.6 Å². The van der Waals surface area contributed by atoms with Crippen LogP contribution in [0.15, 0.2) is 10.6 Å². The number of hydrogen-bond acceptors (Lipinski definition) is 4. The summed E-state index contributed by atoms with van der Waals surface area (Å²) in [6, 6.07) is 2.81. The summed E-state index contributed by atoms with van der Waals surface area (Å²) >= 11 is 0. The van der Waals surface area contributed by atoms with E-state index in [2.05, 4.69) is 30.8 Å². The Morgan fingerprint density at radius 3 is 2.81 bits per heavy atom. The van der Waals surface area contributed by atoms with Crippen LogP contribution in [0.4, 0.5) is 0 Å². The van der Waals surface area contributed by atoms with Gasteiger partial charge in [-0.1, -0.05) is 12.1 Å². The molecule has 2 aliphatic rings. The summed E-state index contributed by atoms with van der Waals surface area (Å²) in [6.07, 6.45) is 3.40. The molecule has 21 heavy (non-hydrogen) atoms. The second-order valence-electron chi connectivity index (χ2n) is 6.54. The highest BCUT2D eigenvalue weighted by Gasteiger charge is 2.33. The summed E-state index contributed by atoms with van der Waals surface area (Å²) in [4.78, 5) is 17.0. The molecule has 2 heterocycles. The number of hydrogen-bond donors (Lipinski definition) is 0. The highest BCUT2D eigenvalue weighted by atomic mass is 16.5. The van der Waals surface area contributed by atoms with Gasteiger partial charge < -0.3 is 9.42 Å². The van der Waals surface area contributed by atoms with Crippen molar-refractivity contribution in [3.63, 3.8) is 0 Å². The van der Waals surface area contributed by atoms with Gasteiger partial charge in [-0.15, -0.1) is 0 Å². The molecule has 1 saturated carbocycles. The van der Waals surface area contributed by atoms with Crippen molar-refractivity contribution < 1.29 is 9.32 Å². The van der Waals surface area contributed by atoms with Crippen LogP contribution in [0, 0.1) is 0 Å². The topological polar surface area (TPSA) is 49.6 Å². The average molecular weight is 291 g/mol. The highest BCUT2D eigenvalue weighted by Crippen LogP contribution is 2.39. The minimum Gasteiger partial charge on any atom is -0.351 e. The molecule has 0 bridgehead atoms. The molecule has 1 amide bonds. The highest BCUT2D eigenvalue weighted by molar-refractivity contribution is 5.91. The zero-order valence-electron chi connectivity index (χ0n) is 13.2. The van der Waals surface area contributed by atoms with E-state index in [1.54, 1.807) is 0 Å². The molecule has 3 rings (SSSR count). The minimum atomic E-state index is -0.00347. The zero-order valence-corrected chi connectivity index (χ0v) is 13.2. The van der Waals surface area contributed by atoms with E-state index in [0.29, 0.717) is 23.8 Å². The molecule has 5 nitrogen and oxygen atoms in total. The van der Waals surface area contributed by atoms with Gasteiger partial charge in [0, 0.05) is 43.7 Å². The molecule has 116 valence electrons. The van der Waals surface area contributed by atoms with E-state index in [-0.39, 0.29) is 5.91 Å². The third-order valence-electron chi connectivity index (χ3n) is 4.68. The number of nitrogens with zero attached hydrogens (tertiary/aromatic N) is 3. The van der Waals surface area contributed by atoms with E-state index in [1.165, 1.54) is 12.8 Å². The molecular formula is C16H25N3O2. The molecule has 0 spiro atoms. The Kier molecular flexibility index (Phi) is 4.02. The maximum Gasteiger partial charge on any atom is 0.292 e. The first-order chi connectivity index (χ1) is 10.1. The molecule has 0 unspecified atom stereocenters. The molecule has 1 atom stereocenters. The van der Waals surface area contributed by atoms with Gasteiger partial charge in [-0.2, -0.15) is 0 Å². The molecular weight excluding hydrogens is 266 g/mol. The molecule has 1 aromatic heterocycles. The van der Waals surface area contributed by atoms with E-state index in [9.17, 15) is 4.79 Å². The van der Waals surface area contributed by atoms with Gasteiger partial charge in [0.15, 0.2) is 0 Å². The third kappa shape index (κ3) is 2.98. The van der Waals surface area contributed by atoms with Crippen molar-refractivity contribution in [2.24, 2.45) is 0 Å². The van der Waals surface area contributed by atoms with Gasteiger partial charge in [0.2, 0.25) is 5.76 Å². The summed E-state index contributed by atoms with van der Waals surface area (Å²) < 4.78 is 5.27. The van der Waals surface area contributed by atoms with Crippen LogP contribution in [-0.2, 0) is 0 Å². The fourth-order valence-electron chi connectivity index (χ4n) is 3.21. The molecule has 2 fully saturated rings. The Balaban J connectivity index is 1.67. The first kappa shape index (κ1) is 14.6. The maximum absolute atomic E-state index is 12.6. The average Bonchev–Trinajstić information content (AvgIpc) is 3.23. The van der Waals surface area contributed by atoms with Crippen molar-refractivity contribution >= 4 is 5.91 Å². The van der Waals surface area contributed by atoms with Crippen LogP contribution < -0.4 is 0 Å². The largest absolute Gasteiger partial charge is 0.351 e. The van der Waals surface area contributed by atoms with E-state index in [1.807, 2.05) is 11.0 Å². The second kappa shape index (κ2) is 5.79. The van der Waals surface area contributed by atoms with Gasteiger partial charge in [0.25, 0.3) is 5.91 Å². The van der Waals surface area contributed by atoms with Gasteiger partial charge in [-0.25, -0.2) is 0 Å². The molecule has 0 radical (unpaired) electrons. The van der Waals surface area contributed by atoms with Crippen LogP contribution in [0.25, 0.3) is 0 Å². The van der Waals surface area contributed by atoms with Crippen LogP contribution >= 0.6 is 0 Å². The minimum absolute atomic E-state index is 0.00347. The summed E-state index contributed by atoms with van der Waals surface area (Å²) in [5.41, 5.74) is 0.950. The Labute approximate surface area is 126 Å². The molecule has 0 aromatic carbocycles. The zero-order chi connectivity index (χ0) is 15.0. The van der Waals surface area contributed by atoms with Crippen molar-refractivity contribution in [3.05, 3.63) is 17.5 Å². The molecule has 1 saturated heterocycles. The van der Waals surface area contributed by atoms with Crippen molar-refractivity contribution in [1.29, 1.82) is 0 Å². The van der Waals surface area contributed by atoms with Gasteiger partial charge in [0.05, 0.1) is 5.69 Å². The number of amides is 1. The van der Waals surface area contributed by atoms with Crippen LogP contribution in [0.1, 0.15) is 62.2 Å². The molecule has 1 aromatic rings. The number of carbonyl (C=O) groups excluding carboxylic acids is 1. The standard InChI is InChI=1S/C16H25N3O2/c1-4-13-10-18(7-8-19(13)11(2)3)16(20)15-9-14(17-21-15)12-5-6-12/h9,11-13H,4-8,10H2,1-3H3/t13-/m0/s1. The van der Waals surface area contributed by atoms with Crippen molar-refractivity contribution in [2.45, 2.75) is 58.0 Å². The lowest BCUT2D eigenvalue weighted by Gasteiger charge is -2.43. The van der Waals surface area contributed by atoms with Gasteiger partial charge >= 0.3 is 0 Å². The third-order valence-corrected chi connectivity index (χ3v) is 4.68. The predicted octanol–water partition coefficient (Wildman–Crippen LogP) is 2.50. The molecule has 5 heteroatoms. The first-order valence-electron chi connectivity index (χ1n) is 8.11. The first-order valence-corrected chi connectivity index (χ1v) is 8.11. The lowest BCUT2D eigenvalue weighted by Crippen LogP contribution is -2.56. The lowest BCUT2D eigenvalue weighted by atomic mass is 10.1. The quantitative estimate of drug-likeness (QED) is 0.855. The fourth-order valence-corrected chi connectivity index (χ4v) is 3.21. The summed E-state index contributed by atoms with van der Waals surface area (Å²) in [7, 11) is 0. The Morgan fingerprint density at radius 1 is 1.43 bits per heavy atom. The van der Waals surface area contributed by atoms with Crippen LogP contribution in [0.2, 0.25) is 0 Å². The van der Waals surface area contributed by atoms with Crippen LogP contribution in [0.5, 0.6) is 0 Å². The number of carbonyl (C=O) groups is 1. The van der Waals surface area contributed by atoms with Crippen molar-refractivity contribution in [1.82, 2.24) is 15.0 Å². The lowest BCUT2D eigenvalue weighted by molar-refractivity contribution is 0.0343. The van der Waals surface area contributed by atoms with E-state index < -0.39 is 0 Å². The molecule has 1 aliphatic carbocycles. The predicted molar refractivity (Wildman–Crippen MR) is 80.3 cm³/mol. The normalized spacial score (nSPS) is 23.8. The Morgan fingerprint density at radius 2 is 2.19 bits per heavy atom. The van der Waals surface area contributed by atoms with E-state index in [4.69, 9.17) is 4.52 Å². The molecule has 0 N–H and O–H groups in total. The molecule has 1 aliphatic heterocycles. The summed E-state index contributed by atoms with van der Waals surface area (Å²) in [6.45, 7) is 9.12. The Hall–Kier alpha value is -1.36. The maximum atomic E-state index is 12.6. The SMILES string of the molecule is CC[C@H]1CN(C(=O)c2cc(C3CC3)no2)CCN1C(C)C. The summed E-state index contributed by atoms with van der Waals surface area (Å²) in [5.74, 6) is 0.928. The second-order valence-corrected chi connectivity index (χ2v) is 6.54. The van der Waals surface area contributed by atoms with Gasteiger partial charge in [0.1, 0.15) is 0 Å². The number of rotatable bonds is 4. The monoisotopic (exact) mass is 291 g/mol.